The van der Waals surface area contributed by atoms with Gasteiger partial charge in [0.05, 0.1) is 34.7 Å². The van der Waals surface area contributed by atoms with Gasteiger partial charge in [0, 0.05) is 5.39 Å². The van der Waals surface area contributed by atoms with E-state index < -0.39 is 34.4 Å². The molecule has 0 unspecified atom stereocenters. The van der Waals surface area contributed by atoms with Gasteiger partial charge in [-0.2, -0.15) is 8.42 Å². The number of esters is 2. The zero-order valence-corrected chi connectivity index (χ0v) is 19.0. The van der Waals surface area contributed by atoms with Crippen LogP contribution in [0.15, 0.2) is 48.5 Å². The number of hydrogen-bond donors (Lipinski definition) is 1. The van der Waals surface area contributed by atoms with Crippen LogP contribution in [-0.4, -0.2) is 60.8 Å². The summed E-state index contributed by atoms with van der Waals surface area (Å²) in [6, 6.07) is 13.0. The Hall–Kier alpha value is -3.04. The zero-order valence-electron chi connectivity index (χ0n) is 18.2. The maximum Gasteiger partial charge on any atom is 0.343 e. The van der Waals surface area contributed by atoms with Crippen LogP contribution in [0.3, 0.4) is 0 Å². The summed E-state index contributed by atoms with van der Waals surface area (Å²) in [6.45, 7) is -0.508. The van der Waals surface area contributed by atoms with E-state index >= 15 is 0 Å². The molecule has 0 aliphatic heterocycles. The van der Waals surface area contributed by atoms with E-state index in [2.05, 4.69) is 0 Å². The third kappa shape index (κ3) is 5.90. The maximum atomic E-state index is 13.1. The summed E-state index contributed by atoms with van der Waals surface area (Å²) < 4.78 is 41.1. The molecule has 34 heavy (non-hydrogen) atoms. The Kier molecular flexibility index (Phi) is 8.22. The second-order valence-electron chi connectivity index (χ2n) is 7.36. The number of carbonyl (C=O) groups is 2. The van der Waals surface area contributed by atoms with Gasteiger partial charge in [0.15, 0.2) is 0 Å². The van der Waals surface area contributed by atoms with Crippen molar-refractivity contribution >= 4 is 56.4 Å². The summed E-state index contributed by atoms with van der Waals surface area (Å²) in [5, 5.41) is 0.894. The van der Waals surface area contributed by atoms with Gasteiger partial charge in [-0.3, -0.25) is 4.55 Å². The normalized spacial score (nSPS) is 11.3. The van der Waals surface area contributed by atoms with E-state index in [1.165, 1.54) is 12.1 Å². The predicted molar refractivity (Wildman–Crippen MR) is 130 cm³/mol. The number of ether oxygens (including phenoxy) is 2. The Morgan fingerprint density at radius 3 is 2.18 bits per heavy atom. The van der Waals surface area contributed by atoms with Crippen molar-refractivity contribution in [3.63, 3.8) is 0 Å². The maximum absolute atomic E-state index is 13.1. The molecule has 0 saturated heterocycles. The van der Waals surface area contributed by atoms with Crippen molar-refractivity contribution in [2.45, 2.75) is 19.0 Å². The van der Waals surface area contributed by atoms with Crippen LogP contribution in [-0.2, 0) is 33.8 Å². The molecule has 168 valence electrons. The first-order valence-corrected chi connectivity index (χ1v) is 11.9. The van der Waals surface area contributed by atoms with Crippen LogP contribution in [0, 0.1) is 0 Å². The first-order chi connectivity index (χ1) is 16.2. The molecule has 0 heterocycles. The van der Waals surface area contributed by atoms with Crippen molar-refractivity contribution in [3.05, 3.63) is 76.3 Å². The van der Waals surface area contributed by atoms with Crippen LogP contribution >= 0.6 is 0 Å². The molecule has 7 nitrogen and oxygen atoms in total. The topological polar surface area (TPSA) is 107 Å². The highest BCUT2D eigenvalue weighted by Crippen LogP contribution is 2.30. The molecule has 1 N–H and O–H groups in total. The minimum Gasteiger partial charge on any atom is -0.461 e. The number of fused-ring (bicyclic) bond motifs is 1. The van der Waals surface area contributed by atoms with Gasteiger partial charge < -0.3 is 9.47 Å². The minimum atomic E-state index is -4.27. The van der Waals surface area contributed by atoms with Gasteiger partial charge in [0.2, 0.25) is 0 Å². The van der Waals surface area contributed by atoms with Crippen LogP contribution in [0.1, 0.15) is 37.4 Å². The van der Waals surface area contributed by atoms with Crippen molar-refractivity contribution in [1.29, 1.82) is 0 Å². The van der Waals surface area contributed by atoms with Gasteiger partial charge in [-0.1, -0.05) is 60.4 Å². The average Bonchev–Trinajstić information content (AvgIpc) is 2.82. The smallest absolute Gasteiger partial charge is 0.343 e. The van der Waals surface area contributed by atoms with Crippen LogP contribution in [0.2, 0.25) is 0 Å². The lowest BCUT2D eigenvalue weighted by atomic mass is 9.81. The van der Waals surface area contributed by atoms with Crippen molar-refractivity contribution in [2.24, 2.45) is 0 Å². The van der Waals surface area contributed by atoms with Gasteiger partial charge in [0.1, 0.15) is 18.1 Å². The lowest BCUT2D eigenvalue weighted by Crippen LogP contribution is -2.16. The fourth-order valence-corrected chi connectivity index (χ4v) is 3.83. The first-order valence-electron chi connectivity index (χ1n) is 10.3. The van der Waals surface area contributed by atoms with Crippen molar-refractivity contribution in [1.82, 2.24) is 0 Å². The van der Waals surface area contributed by atoms with E-state index in [0.717, 1.165) is 0 Å². The average molecular weight is 472 g/mol. The Morgan fingerprint density at radius 2 is 1.56 bits per heavy atom. The van der Waals surface area contributed by atoms with Crippen LogP contribution in [0.5, 0.6) is 5.75 Å². The zero-order chi connectivity index (χ0) is 24.9. The standard InChI is InChI=1S/C23H19B3O7S/c24-11-14-9-15(12-25)20(13-26)19(10-14)23(28)33-21-6-5-18(16-3-1-2-4-17(16)21)22(27)32-7-8-34(29,30)31/h1-6,9-10H,7-8,11-13H2,(H,29,30,31). The lowest BCUT2D eigenvalue weighted by molar-refractivity contribution is 0.0530. The molecule has 3 aromatic carbocycles. The number of carbonyl (C=O) groups excluding carboxylic acids is 2. The Balaban J connectivity index is 1.95. The van der Waals surface area contributed by atoms with Gasteiger partial charge in [-0.05, 0) is 29.1 Å². The molecule has 0 fully saturated rings. The first kappa shape index (κ1) is 25.6. The number of hydrogen-bond acceptors (Lipinski definition) is 6. The summed E-state index contributed by atoms with van der Waals surface area (Å²) in [5.41, 5.74) is 2.36. The van der Waals surface area contributed by atoms with Gasteiger partial charge in [-0.25, -0.2) is 9.59 Å². The number of benzene rings is 3. The molecular formula is C23H19B3O7S. The second-order valence-corrected chi connectivity index (χ2v) is 8.93. The van der Waals surface area contributed by atoms with Crippen LogP contribution in [0.4, 0.5) is 0 Å². The minimum absolute atomic E-state index is 0.0803. The van der Waals surface area contributed by atoms with E-state index in [4.69, 9.17) is 37.6 Å². The predicted octanol–water partition coefficient (Wildman–Crippen LogP) is 2.11. The fraction of sp³-hybridized carbons (Fsp3) is 0.217. The SMILES string of the molecule is [B]Cc1cc(C[B])c(C[B])c(C(=O)Oc2ccc(C(=O)OCCS(=O)(=O)O)c3ccccc23)c1. The third-order valence-electron chi connectivity index (χ3n) is 5.16. The summed E-state index contributed by atoms with van der Waals surface area (Å²) in [4.78, 5) is 25.6. The quantitative estimate of drug-likeness (QED) is 0.220. The van der Waals surface area contributed by atoms with Gasteiger partial charge >= 0.3 is 11.9 Å². The molecule has 0 spiro atoms. The molecule has 3 rings (SSSR count). The van der Waals surface area contributed by atoms with E-state index in [-0.39, 0.29) is 35.8 Å². The second kappa shape index (κ2) is 10.9. The molecule has 0 saturated carbocycles. The van der Waals surface area contributed by atoms with E-state index in [9.17, 15) is 18.0 Å². The lowest BCUT2D eigenvalue weighted by Gasteiger charge is -2.16. The summed E-state index contributed by atoms with van der Waals surface area (Å²) in [5.74, 6) is -1.96. The number of rotatable bonds is 9. The molecule has 6 radical (unpaired) electrons. The van der Waals surface area contributed by atoms with Crippen LogP contribution < -0.4 is 4.74 Å². The molecule has 0 aliphatic carbocycles. The third-order valence-corrected chi connectivity index (χ3v) is 5.85. The summed E-state index contributed by atoms with van der Waals surface area (Å²) in [6.07, 6.45) is 0.463. The molecule has 3 aromatic rings. The Labute approximate surface area is 201 Å². The Morgan fingerprint density at radius 1 is 0.853 bits per heavy atom. The highest BCUT2D eigenvalue weighted by Gasteiger charge is 2.20. The van der Waals surface area contributed by atoms with Gasteiger partial charge in [0.25, 0.3) is 10.1 Å². The van der Waals surface area contributed by atoms with E-state index in [1.54, 1.807) is 36.4 Å². The molecule has 0 aromatic heterocycles. The highest BCUT2D eigenvalue weighted by atomic mass is 32.2. The molecule has 11 heteroatoms. The molecule has 0 aliphatic rings. The van der Waals surface area contributed by atoms with Crippen LogP contribution in [0.25, 0.3) is 10.8 Å². The molecular weight excluding hydrogens is 453 g/mol. The summed E-state index contributed by atoms with van der Waals surface area (Å²) >= 11 is 0. The fourth-order valence-electron chi connectivity index (χ4n) is 3.53. The highest BCUT2D eigenvalue weighted by molar-refractivity contribution is 7.85. The van der Waals surface area contributed by atoms with Crippen molar-refractivity contribution < 1.29 is 32.0 Å². The summed E-state index contributed by atoms with van der Waals surface area (Å²) in [7, 11) is 13.2. The van der Waals surface area contributed by atoms with Crippen molar-refractivity contribution in [3.8, 4) is 5.75 Å². The Bertz CT molecular complexity index is 1340. The van der Waals surface area contributed by atoms with E-state index in [1.807, 2.05) is 0 Å². The van der Waals surface area contributed by atoms with Crippen molar-refractivity contribution in [2.75, 3.05) is 12.4 Å². The largest absolute Gasteiger partial charge is 0.461 e. The molecule has 0 bridgehead atoms. The molecule has 0 atom stereocenters. The molecule has 0 amide bonds. The van der Waals surface area contributed by atoms with E-state index in [0.29, 0.717) is 27.5 Å². The van der Waals surface area contributed by atoms with Gasteiger partial charge in [-0.15, -0.1) is 0 Å². The monoisotopic (exact) mass is 472 g/mol.